The van der Waals surface area contributed by atoms with Crippen LogP contribution in [0.5, 0.6) is 0 Å². The summed E-state index contributed by atoms with van der Waals surface area (Å²) in [6, 6.07) is 1.21. The summed E-state index contributed by atoms with van der Waals surface area (Å²) < 4.78 is 25.0. The Balaban J connectivity index is 1.74. The molecule has 1 aliphatic carbocycles. The van der Waals surface area contributed by atoms with Gasteiger partial charge in [-0.3, -0.25) is 0 Å². The van der Waals surface area contributed by atoms with Crippen LogP contribution in [-0.4, -0.2) is 43.6 Å². The van der Waals surface area contributed by atoms with Crippen LogP contribution >= 0.6 is 0 Å². The molecule has 0 atom stereocenters. The molecule has 1 aliphatic heterocycles. The fourth-order valence-electron chi connectivity index (χ4n) is 2.85. The zero-order valence-electron chi connectivity index (χ0n) is 10.9. The summed E-state index contributed by atoms with van der Waals surface area (Å²) in [6.07, 6.45) is 4.50. The van der Waals surface area contributed by atoms with Gasteiger partial charge in [-0.2, -0.15) is 0 Å². The van der Waals surface area contributed by atoms with E-state index in [2.05, 4.69) is 12.2 Å². The average molecular weight is 260 g/mol. The zero-order valence-corrected chi connectivity index (χ0v) is 11.7. The normalized spacial score (nSPS) is 32.4. The van der Waals surface area contributed by atoms with E-state index in [1.807, 2.05) is 0 Å². The molecule has 0 spiro atoms. The van der Waals surface area contributed by atoms with Crippen molar-refractivity contribution in [2.75, 3.05) is 18.8 Å². The minimum absolute atomic E-state index is 0.227. The van der Waals surface area contributed by atoms with Crippen molar-refractivity contribution in [1.82, 2.24) is 9.62 Å². The molecule has 0 radical (unpaired) electrons. The molecule has 0 unspecified atom stereocenters. The van der Waals surface area contributed by atoms with Crippen LogP contribution in [-0.2, 0) is 10.0 Å². The van der Waals surface area contributed by atoms with Gasteiger partial charge in [0, 0.05) is 25.2 Å². The van der Waals surface area contributed by atoms with Gasteiger partial charge in [0.25, 0.3) is 0 Å². The number of hydrogen-bond acceptors (Lipinski definition) is 3. The molecule has 4 nitrogen and oxygen atoms in total. The Labute approximate surface area is 105 Å². The van der Waals surface area contributed by atoms with Crippen molar-refractivity contribution in [1.29, 1.82) is 0 Å². The lowest BCUT2D eigenvalue weighted by Crippen LogP contribution is -2.51. The van der Waals surface area contributed by atoms with E-state index < -0.39 is 10.0 Å². The van der Waals surface area contributed by atoms with Crippen LogP contribution in [0.2, 0.25) is 0 Å². The highest BCUT2D eigenvalue weighted by Gasteiger charge is 2.31. The number of hydrogen-bond donors (Lipinski definition) is 1. The van der Waals surface area contributed by atoms with Gasteiger partial charge < -0.3 is 5.32 Å². The van der Waals surface area contributed by atoms with Crippen LogP contribution < -0.4 is 5.32 Å². The second-order valence-corrected chi connectivity index (χ2v) is 7.77. The molecule has 5 heteroatoms. The first-order valence-corrected chi connectivity index (χ1v) is 8.36. The molecule has 2 rings (SSSR count). The van der Waals surface area contributed by atoms with Crippen molar-refractivity contribution >= 4 is 10.0 Å². The van der Waals surface area contributed by atoms with Crippen LogP contribution in [0.1, 0.15) is 39.5 Å². The van der Waals surface area contributed by atoms with Gasteiger partial charge >= 0.3 is 0 Å². The lowest BCUT2D eigenvalue weighted by molar-refractivity contribution is 0.192. The predicted molar refractivity (Wildman–Crippen MR) is 69.4 cm³/mol. The zero-order chi connectivity index (χ0) is 12.5. The molecule has 1 saturated carbocycles. The number of rotatable bonds is 4. The van der Waals surface area contributed by atoms with Gasteiger partial charge in [-0.05, 0) is 38.5 Å². The van der Waals surface area contributed by atoms with E-state index in [-0.39, 0.29) is 5.75 Å². The highest BCUT2D eigenvalue weighted by molar-refractivity contribution is 7.89. The van der Waals surface area contributed by atoms with Gasteiger partial charge in [0.15, 0.2) is 0 Å². The topological polar surface area (TPSA) is 49.4 Å². The summed E-state index contributed by atoms with van der Waals surface area (Å²) in [6.45, 7) is 5.39. The van der Waals surface area contributed by atoms with Gasteiger partial charge in [0.05, 0.1) is 5.75 Å². The van der Waals surface area contributed by atoms with Gasteiger partial charge in [-0.15, -0.1) is 0 Å². The van der Waals surface area contributed by atoms with Crippen molar-refractivity contribution < 1.29 is 8.42 Å². The predicted octanol–water partition coefficient (Wildman–Crippen LogP) is 1.19. The van der Waals surface area contributed by atoms with Crippen LogP contribution in [0, 0.1) is 5.92 Å². The summed E-state index contributed by atoms with van der Waals surface area (Å²) in [5, 5.41) is 3.65. The molecule has 0 aromatic carbocycles. The SMILES string of the molecule is CCS(=O)(=O)N1CCC(NC2CC(C)C2)CC1. The van der Waals surface area contributed by atoms with Crippen molar-refractivity contribution in [3.63, 3.8) is 0 Å². The fraction of sp³-hybridized carbons (Fsp3) is 1.00. The first-order valence-electron chi connectivity index (χ1n) is 6.75. The highest BCUT2D eigenvalue weighted by atomic mass is 32.2. The smallest absolute Gasteiger partial charge is 0.213 e. The molecule has 2 aliphatic rings. The monoisotopic (exact) mass is 260 g/mol. The van der Waals surface area contributed by atoms with Crippen molar-refractivity contribution in [3.05, 3.63) is 0 Å². The van der Waals surface area contributed by atoms with Crippen molar-refractivity contribution in [2.24, 2.45) is 5.92 Å². The molecule has 1 saturated heterocycles. The number of nitrogens with one attached hydrogen (secondary N) is 1. The lowest BCUT2D eigenvalue weighted by Gasteiger charge is -2.39. The molecule has 0 aromatic rings. The summed E-state index contributed by atoms with van der Waals surface area (Å²) in [5.74, 6) is 1.10. The molecule has 17 heavy (non-hydrogen) atoms. The highest BCUT2D eigenvalue weighted by Crippen LogP contribution is 2.27. The summed E-state index contributed by atoms with van der Waals surface area (Å²) >= 11 is 0. The summed E-state index contributed by atoms with van der Waals surface area (Å²) in [7, 11) is -2.97. The van der Waals surface area contributed by atoms with Crippen LogP contribution in [0.4, 0.5) is 0 Å². The largest absolute Gasteiger partial charge is 0.311 e. The first kappa shape index (κ1) is 13.3. The third kappa shape index (κ3) is 3.20. The van der Waals surface area contributed by atoms with Crippen LogP contribution in [0.15, 0.2) is 0 Å². The second-order valence-electron chi connectivity index (χ2n) is 5.51. The Hall–Kier alpha value is -0.130. The molecule has 100 valence electrons. The van der Waals surface area contributed by atoms with Gasteiger partial charge in [-0.25, -0.2) is 12.7 Å². The first-order chi connectivity index (χ1) is 8.01. The number of sulfonamides is 1. The Morgan fingerprint density at radius 3 is 2.24 bits per heavy atom. The Morgan fingerprint density at radius 2 is 1.76 bits per heavy atom. The van der Waals surface area contributed by atoms with E-state index >= 15 is 0 Å². The molecular weight excluding hydrogens is 236 g/mol. The third-order valence-electron chi connectivity index (χ3n) is 4.06. The number of nitrogens with zero attached hydrogens (tertiary/aromatic N) is 1. The molecule has 1 N–H and O–H groups in total. The minimum Gasteiger partial charge on any atom is -0.311 e. The quantitative estimate of drug-likeness (QED) is 0.826. The van der Waals surface area contributed by atoms with E-state index in [1.165, 1.54) is 12.8 Å². The van der Waals surface area contributed by atoms with E-state index in [0.717, 1.165) is 18.8 Å². The Morgan fingerprint density at radius 1 is 1.18 bits per heavy atom. The molecule has 0 amide bonds. The fourth-order valence-corrected chi connectivity index (χ4v) is 3.99. The Bertz CT molecular complexity index is 342. The molecule has 1 heterocycles. The minimum atomic E-state index is -2.97. The van der Waals surface area contributed by atoms with E-state index in [4.69, 9.17) is 0 Å². The summed E-state index contributed by atoms with van der Waals surface area (Å²) in [5.41, 5.74) is 0. The van der Waals surface area contributed by atoms with Crippen LogP contribution in [0.25, 0.3) is 0 Å². The molecule has 0 aromatic heterocycles. The second kappa shape index (κ2) is 5.24. The summed E-state index contributed by atoms with van der Waals surface area (Å²) in [4.78, 5) is 0. The lowest BCUT2D eigenvalue weighted by atomic mass is 9.81. The maximum Gasteiger partial charge on any atom is 0.213 e. The van der Waals surface area contributed by atoms with E-state index in [9.17, 15) is 8.42 Å². The average Bonchev–Trinajstić information content (AvgIpc) is 2.28. The number of piperidine rings is 1. The Kier molecular flexibility index (Phi) is 4.10. The van der Waals surface area contributed by atoms with Crippen LogP contribution in [0.3, 0.4) is 0 Å². The van der Waals surface area contributed by atoms with Gasteiger partial charge in [0.1, 0.15) is 0 Å². The standard InChI is InChI=1S/C12H24N2O2S/c1-3-17(15,16)14-6-4-11(5-7-14)13-12-8-10(2)9-12/h10-13H,3-9H2,1-2H3. The molecule has 2 fully saturated rings. The van der Waals surface area contributed by atoms with Crippen molar-refractivity contribution in [2.45, 2.75) is 51.6 Å². The maximum absolute atomic E-state index is 11.7. The third-order valence-corrected chi connectivity index (χ3v) is 5.94. The molecule has 0 bridgehead atoms. The van der Waals surface area contributed by atoms with Gasteiger partial charge in [-0.1, -0.05) is 6.92 Å². The maximum atomic E-state index is 11.7. The molecular formula is C12H24N2O2S. The van der Waals surface area contributed by atoms with Gasteiger partial charge in [0.2, 0.25) is 10.0 Å². The van der Waals surface area contributed by atoms with Crippen molar-refractivity contribution in [3.8, 4) is 0 Å². The van der Waals surface area contributed by atoms with E-state index in [0.29, 0.717) is 25.2 Å². The van der Waals surface area contributed by atoms with E-state index in [1.54, 1.807) is 11.2 Å².